The second kappa shape index (κ2) is 9.21. The monoisotopic (exact) mass is 453 g/mol. The standard InChI is InChI=1S/C25H29F2N5O/c1-14-7-8-32(21-6-4-5-20-24(21)30-15(2)9-23(33)31-20)22-11-19(25(26)27)18(10-17(14)22)16(12-28)13-29-3/h4-6,10-15,25,30H,7-9,28H2,1-3H3,(H,31,33)/t14-,15-/m1/s1. The van der Waals surface area contributed by atoms with Crippen LogP contribution < -0.4 is 21.3 Å². The molecule has 33 heavy (non-hydrogen) atoms. The molecule has 2 aliphatic rings. The van der Waals surface area contributed by atoms with Crippen molar-refractivity contribution in [2.45, 2.75) is 45.1 Å². The maximum absolute atomic E-state index is 14.2. The Morgan fingerprint density at radius 1 is 1.27 bits per heavy atom. The highest BCUT2D eigenvalue weighted by Crippen LogP contribution is 2.47. The van der Waals surface area contributed by atoms with Gasteiger partial charge >= 0.3 is 0 Å². The van der Waals surface area contributed by atoms with Gasteiger partial charge in [0.15, 0.2) is 0 Å². The van der Waals surface area contributed by atoms with Crippen LogP contribution in [0, 0.1) is 0 Å². The molecule has 174 valence electrons. The zero-order chi connectivity index (χ0) is 23.7. The van der Waals surface area contributed by atoms with Crippen molar-refractivity contribution in [3.05, 3.63) is 53.2 Å². The van der Waals surface area contributed by atoms with Crippen molar-refractivity contribution in [2.75, 3.05) is 29.1 Å². The van der Waals surface area contributed by atoms with E-state index in [0.29, 0.717) is 29.8 Å². The zero-order valence-corrected chi connectivity index (χ0v) is 19.0. The Morgan fingerprint density at radius 3 is 2.76 bits per heavy atom. The number of aliphatic imine (C=N–C) groups is 1. The lowest BCUT2D eigenvalue weighted by Gasteiger charge is -2.37. The number of nitrogens with zero attached hydrogens (tertiary/aromatic N) is 2. The molecule has 4 rings (SSSR count). The Balaban J connectivity index is 1.90. The summed E-state index contributed by atoms with van der Waals surface area (Å²) in [6.45, 7) is 4.73. The molecule has 0 aromatic heterocycles. The summed E-state index contributed by atoms with van der Waals surface area (Å²) in [4.78, 5) is 18.3. The number of amides is 1. The van der Waals surface area contributed by atoms with Crippen LogP contribution in [-0.2, 0) is 4.79 Å². The maximum Gasteiger partial charge on any atom is 0.264 e. The van der Waals surface area contributed by atoms with E-state index in [9.17, 15) is 13.6 Å². The molecule has 0 saturated heterocycles. The molecule has 4 N–H and O–H groups in total. The third kappa shape index (κ3) is 4.29. The number of nitrogens with one attached hydrogen (secondary N) is 2. The smallest absolute Gasteiger partial charge is 0.264 e. The summed E-state index contributed by atoms with van der Waals surface area (Å²) in [6.07, 6.45) is 1.36. The van der Waals surface area contributed by atoms with E-state index in [-0.39, 0.29) is 23.4 Å². The van der Waals surface area contributed by atoms with Gasteiger partial charge in [-0.15, -0.1) is 0 Å². The van der Waals surface area contributed by atoms with E-state index in [2.05, 4.69) is 27.4 Å². The molecule has 0 unspecified atom stereocenters. The number of fused-ring (bicyclic) bond motifs is 2. The molecule has 2 heterocycles. The van der Waals surface area contributed by atoms with Gasteiger partial charge in [0, 0.05) is 55.3 Å². The molecule has 1 amide bonds. The summed E-state index contributed by atoms with van der Waals surface area (Å²) < 4.78 is 28.4. The van der Waals surface area contributed by atoms with Crippen LogP contribution in [0.15, 0.2) is 41.5 Å². The molecule has 0 saturated carbocycles. The highest BCUT2D eigenvalue weighted by atomic mass is 19.3. The van der Waals surface area contributed by atoms with Crippen LogP contribution in [0.5, 0.6) is 0 Å². The first-order valence-corrected chi connectivity index (χ1v) is 11.1. The second-order valence-corrected chi connectivity index (χ2v) is 8.65. The fourth-order valence-corrected chi connectivity index (χ4v) is 4.67. The summed E-state index contributed by atoms with van der Waals surface area (Å²) in [6, 6.07) is 9.04. The number of carbonyl (C=O) groups is 1. The molecule has 2 aromatic carbocycles. The first kappa shape index (κ1) is 22.8. The lowest BCUT2D eigenvalue weighted by molar-refractivity contribution is -0.116. The van der Waals surface area contributed by atoms with E-state index in [1.165, 1.54) is 12.4 Å². The van der Waals surface area contributed by atoms with Crippen molar-refractivity contribution in [3.63, 3.8) is 0 Å². The maximum atomic E-state index is 14.2. The quantitative estimate of drug-likeness (QED) is 0.541. The highest BCUT2D eigenvalue weighted by molar-refractivity contribution is 6.10. The number of hydrogen-bond acceptors (Lipinski definition) is 5. The van der Waals surface area contributed by atoms with E-state index < -0.39 is 6.43 Å². The number of para-hydroxylation sites is 1. The van der Waals surface area contributed by atoms with E-state index in [0.717, 1.165) is 29.0 Å². The van der Waals surface area contributed by atoms with E-state index in [1.807, 2.05) is 31.2 Å². The number of halogens is 2. The molecular weight excluding hydrogens is 424 g/mol. The zero-order valence-electron chi connectivity index (χ0n) is 19.0. The van der Waals surface area contributed by atoms with Gasteiger partial charge in [-0.3, -0.25) is 9.79 Å². The first-order valence-electron chi connectivity index (χ1n) is 11.1. The van der Waals surface area contributed by atoms with Crippen molar-refractivity contribution in [1.29, 1.82) is 0 Å². The molecule has 0 bridgehead atoms. The molecule has 0 radical (unpaired) electrons. The summed E-state index contributed by atoms with van der Waals surface area (Å²) in [7, 11) is 1.59. The van der Waals surface area contributed by atoms with Crippen molar-refractivity contribution in [3.8, 4) is 0 Å². The topological polar surface area (TPSA) is 82.8 Å². The molecule has 6 nitrogen and oxygen atoms in total. The molecular formula is C25H29F2N5O. The number of alkyl halides is 2. The average Bonchev–Trinajstić information content (AvgIpc) is 2.93. The van der Waals surface area contributed by atoms with E-state index in [4.69, 9.17) is 5.73 Å². The van der Waals surface area contributed by atoms with Gasteiger partial charge in [0.25, 0.3) is 6.43 Å². The molecule has 2 atom stereocenters. The van der Waals surface area contributed by atoms with Gasteiger partial charge in [-0.2, -0.15) is 0 Å². The number of allylic oxidation sites excluding steroid dienone is 1. The number of rotatable bonds is 4. The number of nitrogens with two attached hydrogens (primary N) is 1. The van der Waals surface area contributed by atoms with Crippen LogP contribution in [0.2, 0.25) is 0 Å². The average molecular weight is 454 g/mol. The normalized spacial score (nSPS) is 20.8. The first-order chi connectivity index (χ1) is 15.8. The Hall–Kier alpha value is -3.42. The van der Waals surface area contributed by atoms with Gasteiger partial charge in [0.2, 0.25) is 5.91 Å². The van der Waals surface area contributed by atoms with Crippen molar-refractivity contribution in [1.82, 2.24) is 0 Å². The van der Waals surface area contributed by atoms with Crippen molar-refractivity contribution in [2.24, 2.45) is 10.7 Å². The minimum Gasteiger partial charge on any atom is -0.404 e. The van der Waals surface area contributed by atoms with E-state index >= 15 is 0 Å². The van der Waals surface area contributed by atoms with Gasteiger partial charge in [-0.1, -0.05) is 13.0 Å². The third-order valence-electron chi connectivity index (χ3n) is 6.29. The third-order valence-corrected chi connectivity index (χ3v) is 6.29. The Kier molecular flexibility index (Phi) is 6.35. The van der Waals surface area contributed by atoms with E-state index in [1.54, 1.807) is 13.1 Å². The number of carbonyl (C=O) groups excluding carboxylic acids is 1. The van der Waals surface area contributed by atoms with Crippen LogP contribution in [0.4, 0.5) is 31.5 Å². The van der Waals surface area contributed by atoms with Crippen molar-refractivity contribution >= 4 is 40.4 Å². The lowest BCUT2D eigenvalue weighted by Crippen LogP contribution is -2.28. The van der Waals surface area contributed by atoms with Gasteiger partial charge < -0.3 is 21.3 Å². The summed E-state index contributed by atoms with van der Waals surface area (Å²) in [5.41, 5.74) is 10.6. The predicted octanol–water partition coefficient (Wildman–Crippen LogP) is 5.41. The van der Waals surface area contributed by atoms with Crippen LogP contribution in [0.3, 0.4) is 0 Å². The number of benzene rings is 2. The lowest BCUT2D eigenvalue weighted by atomic mass is 9.86. The van der Waals surface area contributed by atoms with Crippen LogP contribution in [0.1, 0.15) is 55.7 Å². The largest absolute Gasteiger partial charge is 0.404 e. The minimum absolute atomic E-state index is 0.0538. The molecule has 0 aliphatic carbocycles. The predicted molar refractivity (Wildman–Crippen MR) is 131 cm³/mol. The molecule has 0 fully saturated rings. The summed E-state index contributed by atoms with van der Waals surface area (Å²) in [5, 5.41) is 6.39. The molecule has 2 aromatic rings. The number of anilines is 4. The van der Waals surface area contributed by atoms with Crippen LogP contribution in [-0.4, -0.2) is 31.8 Å². The molecule has 8 heteroatoms. The molecule has 2 aliphatic heterocycles. The van der Waals surface area contributed by atoms with Gasteiger partial charge in [-0.05, 0) is 54.7 Å². The van der Waals surface area contributed by atoms with Crippen LogP contribution in [0.25, 0.3) is 5.57 Å². The summed E-state index contributed by atoms with van der Waals surface area (Å²) in [5.74, 6) is 0.134. The minimum atomic E-state index is -2.67. The van der Waals surface area contributed by atoms with Gasteiger partial charge in [-0.25, -0.2) is 8.78 Å². The van der Waals surface area contributed by atoms with Crippen LogP contribution >= 0.6 is 0 Å². The fraction of sp³-hybridized carbons (Fsp3) is 0.360. The number of hydrogen-bond donors (Lipinski definition) is 3. The Morgan fingerprint density at radius 2 is 2.06 bits per heavy atom. The Labute approximate surface area is 192 Å². The summed E-state index contributed by atoms with van der Waals surface area (Å²) >= 11 is 0. The van der Waals surface area contributed by atoms with Crippen molar-refractivity contribution < 1.29 is 13.6 Å². The highest BCUT2D eigenvalue weighted by Gasteiger charge is 2.30. The Bertz CT molecular complexity index is 1130. The second-order valence-electron chi connectivity index (χ2n) is 8.65. The fourth-order valence-electron chi connectivity index (χ4n) is 4.67. The van der Waals surface area contributed by atoms with Gasteiger partial charge in [0.1, 0.15) is 0 Å². The van der Waals surface area contributed by atoms with Gasteiger partial charge in [0.05, 0.1) is 17.1 Å². The SMILES string of the molecule is CN=CC(=CN)c1cc2c(cc1C(F)F)N(c1cccc3c1N[C@H](C)CC(=O)N3)CC[C@H]2C. The molecule has 0 spiro atoms.